The molecule has 0 saturated heterocycles. The van der Waals surface area contributed by atoms with Gasteiger partial charge in [0.1, 0.15) is 6.33 Å². The molecule has 0 spiro atoms. The maximum Gasteiger partial charge on any atom is 0.155 e. The van der Waals surface area contributed by atoms with Crippen molar-refractivity contribution >= 4 is 11.5 Å². The van der Waals surface area contributed by atoms with Crippen LogP contribution >= 0.6 is 0 Å². The smallest absolute Gasteiger partial charge is 0.155 e. The van der Waals surface area contributed by atoms with Crippen LogP contribution in [0.5, 0.6) is 0 Å². The van der Waals surface area contributed by atoms with E-state index in [1.807, 2.05) is 0 Å². The molecule has 0 fully saturated rings. The first-order valence-corrected chi connectivity index (χ1v) is 6.81. The number of aromatic nitrogens is 2. The van der Waals surface area contributed by atoms with E-state index in [0.717, 1.165) is 31.7 Å². The molecule has 0 atom stereocenters. The molecule has 4 heteroatoms. The first-order valence-electron chi connectivity index (χ1n) is 6.81. The molecule has 0 aliphatic rings. The average molecular weight is 250 g/mol. The fourth-order valence-corrected chi connectivity index (χ4v) is 1.75. The third-order valence-electron chi connectivity index (χ3n) is 2.97. The minimum Gasteiger partial charge on any atom is -0.394 e. The van der Waals surface area contributed by atoms with E-state index in [0.29, 0.717) is 17.5 Å². The molecular weight excluding hydrogens is 224 g/mol. The third-order valence-corrected chi connectivity index (χ3v) is 2.97. The lowest BCUT2D eigenvalue weighted by atomic mass is 10.1. The molecule has 0 aliphatic heterocycles. The zero-order chi connectivity index (χ0) is 13.5. The zero-order valence-corrected chi connectivity index (χ0v) is 12.1. The highest BCUT2D eigenvalue weighted by molar-refractivity contribution is 5.60. The average Bonchev–Trinajstić information content (AvgIpc) is 2.30. The number of hydrogen-bond donors (Lipinski definition) is 1. The molecule has 1 aromatic rings. The van der Waals surface area contributed by atoms with Crippen LogP contribution in [0.2, 0.25) is 0 Å². The second kappa shape index (κ2) is 7.19. The van der Waals surface area contributed by atoms with Gasteiger partial charge in [0, 0.05) is 13.1 Å². The van der Waals surface area contributed by atoms with Crippen molar-refractivity contribution in [2.24, 2.45) is 11.8 Å². The van der Waals surface area contributed by atoms with Crippen LogP contribution in [0.1, 0.15) is 40.5 Å². The fraction of sp³-hybridized carbons (Fsp3) is 0.714. The summed E-state index contributed by atoms with van der Waals surface area (Å²) in [4.78, 5) is 10.6. The van der Waals surface area contributed by atoms with Crippen LogP contribution in [0.15, 0.2) is 12.5 Å². The van der Waals surface area contributed by atoms with E-state index in [4.69, 9.17) is 5.73 Å². The maximum absolute atomic E-state index is 5.97. The summed E-state index contributed by atoms with van der Waals surface area (Å²) < 4.78 is 0. The molecule has 1 aromatic heterocycles. The SMILES string of the molecule is CC(C)CCN(CCC(C)C)c1ncncc1N. The Kier molecular flexibility index (Phi) is 5.89. The minimum atomic E-state index is 0.671. The van der Waals surface area contributed by atoms with E-state index < -0.39 is 0 Å². The van der Waals surface area contributed by atoms with E-state index in [1.165, 1.54) is 0 Å². The van der Waals surface area contributed by atoms with Gasteiger partial charge in [-0.05, 0) is 24.7 Å². The van der Waals surface area contributed by atoms with Crippen LogP contribution in [0.3, 0.4) is 0 Å². The normalized spacial score (nSPS) is 11.2. The van der Waals surface area contributed by atoms with Crippen molar-refractivity contribution in [3.8, 4) is 0 Å². The van der Waals surface area contributed by atoms with Gasteiger partial charge in [0.15, 0.2) is 5.82 Å². The Labute approximate surface area is 111 Å². The number of nitrogens with two attached hydrogens (primary N) is 1. The number of hydrogen-bond acceptors (Lipinski definition) is 4. The zero-order valence-electron chi connectivity index (χ0n) is 12.1. The van der Waals surface area contributed by atoms with Crippen molar-refractivity contribution in [3.63, 3.8) is 0 Å². The van der Waals surface area contributed by atoms with Crippen LogP contribution < -0.4 is 10.6 Å². The quantitative estimate of drug-likeness (QED) is 0.808. The lowest BCUT2D eigenvalue weighted by Crippen LogP contribution is -2.29. The largest absolute Gasteiger partial charge is 0.394 e. The molecule has 0 bridgehead atoms. The predicted molar refractivity (Wildman–Crippen MR) is 77.6 cm³/mol. The van der Waals surface area contributed by atoms with Crippen LogP contribution in [-0.2, 0) is 0 Å². The summed E-state index contributed by atoms with van der Waals surface area (Å²) in [5.74, 6) is 2.26. The molecule has 2 N–H and O–H groups in total. The van der Waals surface area contributed by atoms with E-state index in [9.17, 15) is 0 Å². The molecule has 0 amide bonds. The Morgan fingerprint density at radius 2 is 1.67 bits per heavy atom. The van der Waals surface area contributed by atoms with E-state index in [-0.39, 0.29) is 0 Å². The summed E-state index contributed by atoms with van der Waals surface area (Å²) in [5, 5.41) is 0. The maximum atomic E-state index is 5.97. The van der Waals surface area contributed by atoms with Gasteiger partial charge in [-0.25, -0.2) is 9.97 Å². The number of nitrogen functional groups attached to an aromatic ring is 1. The summed E-state index contributed by atoms with van der Waals surface area (Å²) >= 11 is 0. The Balaban J connectivity index is 2.73. The van der Waals surface area contributed by atoms with Crippen molar-refractivity contribution < 1.29 is 0 Å². The Morgan fingerprint density at radius 1 is 1.11 bits per heavy atom. The van der Waals surface area contributed by atoms with Crippen LogP contribution in [0.25, 0.3) is 0 Å². The number of anilines is 2. The molecule has 1 rings (SSSR count). The molecule has 0 aromatic carbocycles. The van der Waals surface area contributed by atoms with Gasteiger partial charge in [-0.15, -0.1) is 0 Å². The van der Waals surface area contributed by atoms with Crippen molar-refractivity contribution in [1.82, 2.24) is 9.97 Å². The molecule has 0 saturated carbocycles. The van der Waals surface area contributed by atoms with Crippen molar-refractivity contribution in [3.05, 3.63) is 12.5 Å². The summed E-state index contributed by atoms with van der Waals surface area (Å²) in [7, 11) is 0. The van der Waals surface area contributed by atoms with Crippen molar-refractivity contribution in [2.75, 3.05) is 23.7 Å². The molecule has 0 unspecified atom stereocenters. The first kappa shape index (κ1) is 14.7. The molecule has 4 nitrogen and oxygen atoms in total. The summed E-state index contributed by atoms with van der Waals surface area (Å²) in [6, 6.07) is 0. The lowest BCUT2D eigenvalue weighted by Gasteiger charge is -2.26. The molecule has 102 valence electrons. The first-order chi connectivity index (χ1) is 8.50. The second-order valence-electron chi connectivity index (χ2n) is 5.65. The minimum absolute atomic E-state index is 0.671. The lowest BCUT2D eigenvalue weighted by molar-refractivity contribution is 0.533. The van der Waals surface area contributed by atoms with E-state index in [2.05, 4.69) is 42.6 Å². The van der Waals surface area contributed by atoms with Crippen molar-refractivity contribution in [1.29, 1.82) is 0 Å². The molecule has 0 radical (unpaired) electrons. The van der Waals surface area contributed by atoms with Gasteiger partial charge < -0.3 is 10.6 Å². The summed E-state index contributed by atoms with van der Waals surface area (Å²) in [5.41, 5.74) is 6.64. The monoisotopic (exact) mass is 250 g/mol. The van der Waals surface area contributed by atoms with Gasteiger partial charge in [0.05, 0.1) is 11.9 Å². The van der Waals surface area contributed by atoms with Gasteiger partial charge >= 0.3 is 0 Å². The highest BCUT2D eigenvalue weighted by Crippen LogP contribution is 2.20. The Bertz CT molecular complexity index is 337. The number of rotatable bonds is 7. The highest BCUT2D eigenvalue weighted by Gasteiger charge is 2.12. The van der Waals surface area contributed by atoms with Gasteiger partial charge in [-0.3, -0.25) is 0 Å². The molecule has 1 heterocycles. The third kappa shape index (κ3) is 4.90. The summed E-state index contributed by atoms with van der Waals surface area (Å²) in [6.45, 7) is 11.0. The fourth-order valence-electron chi connectivity index (χ4n) is 1.75. The summed E-state index contributed by atoms with van der Waals surface area (Å²) in [6.07, 6.45) is 5.56. The Hall–Kier alpha value is -1.32. The van der Waals surface area contributed by atoms with Gasteiger partial charge in [-0.2, -0.15) is 0 Å². The second-order valence-corrected chi connectivity index (χ2v) is 5.65. The number of nitrogens with zero attached hydrogens (tertiary/aromatic N) is 3. The van der Waals surface area contributed by atoms with E-state index in [1.54, 1.807) is 12.5 Å². The molecular formula is C14H26N4. The van der Waals surface area contributed by atoms with Crippen LogP contribution in [0, 0.1) is 11.8 Å². The van der Waals surface area contributed by atoms with Gasteiger partial charge in [-0.1, -0.05) is 27.7 Å². The van der Waals surface area contributed by atoms with Crippen molar-refractivity contribution in [2.45, 2.75) is 40.5 Å². The van der Waals surface area contributed by atoms with E-state index >= 15 is 0 Å². The van der Waals surface area contributed by atoms with Crippen LogP contribution in [0.4, 0.5) is 11.5 Å². The van der Waals surface area contributed by atoms with Gasteiger partial charge in [0.2, 0.25) is 0 Å². The topological polar surface area (TPSA) is 55.0 Å². The predicted octanol–water partition coefficient (Wildman–Crippen LogP) is 2.96. The highest BCUT2D eigenvalue weighted by atomic mass is 15.2. The van der Waals surface area contributed by atoms with Crippen LogP contribution in [-0.4, -0.2) is 23.1 Å². The molecule has 0 aliphatic carbocycles. The Morgan fingerprint density at radius 3 is 2.11 bits per heavy atom. The standard InChI is InChI=1S/C14H26N4/c1-11(2)5-7-18(8-6-12(3)4)14-13(15)9-16-10-17-14/h9-12H,5-8,15H2,1-4H3. The molecule has 18 heavy (non-hydrogen) atoms. The van der Waals surface area contributed by atoms with Gasteiger partial charge in [0.25, 0.3) is 0 Å².